The molecule has 0 atom stereocenters. The number of aryl methyl sites for hydroxylation is 2. The van der Waals surface area contributed by atoms with E-state index in [0.717, 1.165) is 11.1 Å². The monoisotopic (exact) mass is 344 g/mol. The van der Waals surface area contributed by atoms with Gasteiger partial charge in [0.25, 0.3) is 0 Å². The molecule has 0 heterocycles. The molecule has 6 heteroatoms. The minimum Gasteiger partial charge on any atom is -0.318 e. The van der Waals surface area contributed by atoms with Crippen molar-refractivity contribution in [3.05, 3.63) is 58.1 Å². The molecule has 2 rings (SSSR count). The number of hydrogen-bond donors (Lipinski definition) is 2. The molecule has 0 aliphatic heterocycles. The number of anilines is 2. The normalized spacial score (nSPS) is 10.2. The minimum atomic E-state index is -0.820. The van der Waals surface area contributed by atoms with Crippen molar-refractivity contribution in [1.29, 1.82) is 0 Å². The van der Waals surface area contributed by atoms with E-state index in [1.165, 1.54) is 6.92 Å². The highest BCUT2D eigenvalue weighted by Gasteiger charge is 2.17. The van der Waals surface area contributed by atoms with E-state index in [2.05, 4.69) is 10.6 Å². The van der Waals surface area contributed by atoms with Gasteiger partial charge in [-0.2, -0.15) is 0 Å². The molecule has 0 aromatic heterocycles. The number of halogens is 1. The summed E-state index contributed by atoms with van der Waals surface area (Å²) in [6.07, 6.45) is 0. The maximum absolute atomic E-state index is 12.0. The summed E-state index contributed by atoms with van der Waals surface area (Å²) >= 11 is 6.11. The van der Waals surface area contributed by atoms with Crippen LogP contribution in [0.3, 0.4) is 0 Å². The third kappa shape index (κ3) is 4.20. The van der Waals surface area contributed by atoms with Crippen molar-refractivity contribution >= 4 is 40.6 Å². The lowest BCUT2D eigenvalue weighted by molar-refractivity contribution is -0.133. The Labute approximate surface area is 145 Å². The molecule has 0 bridgehead atoms. The van der Waals surface area contributed by atoms with Gasteiger partial charge in [0.1, 0.15) is 0 Å². The fraction of sp³-hybridized carbons (Fsp3) is 0.167. The molecule has 0 aliphatic rings. The predicted octanol–water partition coefficient (Wildman–Crippen LogP) is 3.74. The number of carbonyl (C=O) groups is 3. The molecule has 2 N–H and O–H groups in total. The molecule has 24 heavy (non-hydrogen) atoms. The topological polar surface area (TPSA) is 75.3 Å². The Balaban J connectivity index is 2.07. The Bertz CT molecular complexity index is 791. The smallest absolute Gasteiger partial charge is 0.314 e. The molecule has 0 radical (unpaired) electrons. The standard InChI is InChI=1S/C18H17ClN2O3/c1-10-8-11(2)16(15(19)9-10)21-18(24)17(23)20-14-6-4-13(5-7-14)12(3)22/h4-9H,1-3H3,(H,20,23)(H,21,24). The highest BCUT2D eigenvalue weighted by molar-refractivity contribution is 6.45. The van der Waals surface area contributed by atoms with Gasteiger partial charge in [-0.3, -0.25) is 14.4 Å². The molecular weight excluding hydrogens is 328 g/mol. The zero-order valence-electron chi connectivity index (χ0n) is 13.6. The summed E-state index contributed by atoms with van der Waals surface area (Å²) in [5, 5.41) is 5.37. The van der Waals surface area contributed by atoms with Gasteiger partial charge in [-0.25, -0.2) is 0 Å². The molecule has 0 aliphatic carbocycles. The van der Waals surface area contributed by atoms with Crippen molar-refractivity contribution in [2.24, 2.45) is 0 Å². The number of hydrogen-bond acceptors (Lipinski definition) is 3. The first-order valence-corrected chi connectivity index (χ1v) is 7.66. The van der Waals surface area contributed by atoms with E-state index in [1.807, 2.05) is 13.0 Å². The molecule has 0 fully saturated rings. The Morgan fingerprint density at radius 2 is 1.50 bits per heavy atom. The van der Waals surface area contributed by atoms with Crippen molar-refractivity contribution in [3.63, 3.8) is 0 Å². The van der Waals surface area contributed by atoms with E-state index in [0.29, 0.717) is 22.0 Å². The molecule has 0 spiro atoms. The summed E-state index contributed by atoms with van der Waals surface area (Å²) in [4.78, 5) is 35.3. The third-order valence-corrected chi connectivity index (χ3v) is 3.72. The summed E-state index contributed by atoms with van der Waals surface area (Å²) in [6, 6.07) is 9.86. The lowest BCUT2D eigenvalue weighted by Crippen LogP contribution is -2.29. The van der Waals surface area contributed by atoms with Gasteiger partial charge in [-0.05, 0) is 62.2 Å². The second-order valence-corrected chi connectivity index (χ2v) is 5.89. The van der Waals surface area contributed by atoms with Crippen molar-refractivity contribution in [1.82, 2.24) is 0 Å². The van der Waals surface area contributed by atoms with Crippen molar-refractivity contribution in [2.75, 3.05) is 10.6 Å². The molecule has 0 saturated heterocycles. The number of ketones is 1. The van der Waals surface area contributed by atoms with Crippen LogP contribution in [-0.4, -0.2) is 17.6 Å². The second-order valence-electron chi connectivity index (χ2n) is 5.48. The lowest BCUT2D eigenvalue weighted by atomic mass is 10.1. The summed E-state index contributed by atoms with van der Waals surface area (Å²) in [6.45, 7) is 5.14. The summed E-state index contributed by atoms with van der Waals surface area (Å²) in [7, 11) is 0. The van der Waals surface area contributed by atoms with Crippen molar-refractivity contribution in [3.8, 4) is 0 Å². The van der Waals surface area contributed by atoms with Crippen LogP contribution in [0.15, 0.2) is 36.4 Å². The zero-order chi connectivity index (χ0) is 17.9. The van der Waals surface area contributed by atoms with Crippen LogP contribution in [0, 0.1) is 13.8 Å². The highest BCUT2D eigenvalue weighted by atomic mass is 35.5. The van der Waals surface area contributed by atoms with Crippen LogP contribution in [-0.2, 0) is 9.59 Å². The van der Waals surface area contributed by atoms with E-state index >= 15 is 0 Å². The third-order valence-electron chi connectivity index (χ3n) is 3.43. The van der Waals surface area contributed by atoms with Crippen molar-refractivity contribution < 1.29 is 14.4 Å². The van der Waals surface area contributed by atoms with Gasteiger partial charge in [0.15, 0.2) is 5.78 Å². The largest absolute Gasteiger partial charge is 0.318 e. The average Bonchev–Trinajstić information content (AvgIpc) is 2.51. The van der Waals surface area contributed by atoms with Gasteiger partial charge in [-0.15, -0.1) is 0 Å². The van der Waals surface area contributed by atoms with E-state index < -0.39 is 11.8 Å². The average molecular weight is 345 g/mol. The van der Waals surface area contributed by atoms with Gasteiger partial charge in [0, 0.05) is 11.3 Å². The molecule has 2 aromatic carbocycles. The van der Waals surface area contributed by atoms with E-state index in [9.17, 15) is 14.4 Å². The van der Waals surface area contributed by atoms with Gasteiger partial charge in [0.2, 0.25) is 0 Å². The molecule has 124 valence electrons. The summed E-state index contributed by atoms with van der Waals surface area (Å²) in [5.74, 6) is -1.71. The summed E-state index contributed by atoms with van der Waals surface area (Å²) in [5.41, 5.74) is 3.10. The van der Waals surface area contributed by atoms with E-state index in [-0.39, 0.29) is 5.78 Å². The fourth-order valence-electron chi connectivity index (χ4n) is 2.22. The van der Waals surface area contributed by atoms with Gasteiger partial charge >= 0.3 is 11.8 Å². The van der Waals surface area contributed by atoms with Crippen LogP contribution in [0.4, 0.5) is 11.4 Å². The molecule has 0 unspecified atom stereocenters. The van der Waals surface area contributed by atoms with E-state index in [4.69, 9.17) is 11.6 Å². The van der Waals surface area contributed by atoms with Crippen LogP contribution in [0.1, 0.15) is 28.4 Å². The predicted molar refractivity (Wildman–Crippen MR) is 94.6 cm³/mol. The van der Waals surface area contributed by atoms with Crippen LogP contribution < -0.4 is 10.6 Å². The Hall–Kier alpha value is -2.66. The first-order chi connectivity index (χ1) is 11.3. The van der Waals surface area contributed by atoms with Crippen LogP contribution in [0.5, 0.6) is 0 Å². The Morgan fingerprint density at radius 3 is 2.04 bits per heavy atom. The van der Waals surface area contributed by atoms with Crippen molar-refractivity contribution in [2.45, 2.75) is 20.8 Å². The second kappa shape index (κ2) is 7.27. The SMILES string of the molecule is CC(=O)c1ccc(NC(=O)C(=O)Nc2c(C)cc(C)cc2Cl)cc1. The quantitative estimate of drug-likeness (QED) is 0.658. The number of carbonyl (C=O) groups excluding carboxylic acids is 3. The molecule has 2 aromatic rings. The van der Waals surface area contributed by atoms with Crippen LogP contribution in [0.2, 0.25) is 5.02 Å². The molecule has 2 amide bonds. The van der Waals surface area contributed by atoms with Gasteiger partial charge in [0.05, 0.1) is 10.7 Å². The number of rotatable bonds is 3. The van der Waals surface area contributed by atoms with Crippen LogP contribution >= 0.6 is 11.6 Å². The maximum atomic E-state index is 12.0. The molecule has 5 nitrogen and oxygen atoms in total. The molecular formula is C18H17ClN2O3. The van der Waals surface area contributed by atoms with Crippen LogP contribution in [0.25, 0.3) is 0 Å². The highest BCUT2D eigenvalue weighted by Crippen LogP contribution is 2.27. The Kier molecular flexibility index (Phi) is 5.36. The zero-order valence-corrected chi connectivity index (χ0v) is 14.3. The number of nitrogens with one attached hydrogen (secondary N) is 2. The molecule has 0 saturated carbocycles. The Morgan fingerprint density at radius 1 is 0.917 bits per heavy atom. The summed E-state index contributed by atoms with van der Waals surface area (Å²) < 4.78 is 0. The van der Waals surface area contributed by atoms with Gasteiger partial charge in [-0.1, -0.05) is 17.7 Å². The lowest BCUT2D eigenvalue weighted by Gasteiger charge is -2.11. The number of benzene rings is 2. The number of Topliss-reactive ketones (excluding diaryl/α,β-unsaturated/α-hetero) is 1. The van der Waals surface area contributed by atoms with Gasteiger partial charge < -0.3 is 10.6 Å². The minimum absolute atomic E-state index is 0.0740. The maximum Gasteiger partial charge on any atom is 0.314 e. The first-order valence-electron chi connectivity index (χ1n) is 7.28. The number of amides is 2. The fourth-order valence-corrected chi connectivity index (χ4v) is 2.59. The van der Waals surface area contributed by atoms with E-state index in [1.54, 1.807) is 37.3 Å². The first kappa shape index (κ1) is 17.7.